The van der Waals surface area contributed by atoms with Crippen LogP contribution < -0.4 is 11.3 Å². The van der Waals surface area contributed by atoms with Gasteiger partial charge in [0.15, 0.2) is 0 Å². The van der Waals surface area contributed by atoms with Gasteiger partial charge in [-0.25, -0.2) is 0 Å². The third-order valence-electron chi connectivity index (χ3n) is 0.621. The highest BCUT2D eigenvalue weighted by Gasteiger charge is 1.87. The summed E-state index contributed by atoms with van der Waals surface area (Å²) in [6, 6.07) is 0. The Hall–Kier alpha value is -0.410. The van der Waals surface area contributed by atoms with E-state index in [1.807, 2.05) is 13.8 Å². The second-order valence-electron chi connectivity index (χ2n) is 1.41. The van der Waals surface area contributed by atoms with E-state index in [9.17, 15) is 4.79 Å². The molecule has 3 nitrogen and oxygen atoms in total. The molecule has 0 saturated carbocycles. The number of nitrogens with two attached hydrogens (primary N) is 1. The SMILES string of the molecule is CC.CC(=O)CCNN. The highest BCUT2D eigenvalue weighted by molar-refractivity contribution is 5.75. The topological polar surface area (TPSA) is 55.1 Å². The summed E-state index contributed by atoms with van der Waals surface area (Å²) in [7, 11) is 0. The molecule has 0 atom stereocenters. The van der Waals surface area contributed by atoms with Gasteiger partial charge in [0.2, 0.25) is 0 Å². The average molecular weight is 132 g/mol. The van der Waals surface area contributed by atoms with Crippen LogP contribution in [-0.4, -0.2) is 12.3 Å². The van der Waals surface area contributed by atoms with E-state index >= 15 is 0 Å². The molecule has 0 aliphatic rings. The van der Waals surface area contributed by atoms with Crippen LogP contribution in [0.5, 0.6) is 0 Å². The van der Waals surface area contributed by atoms with Crippen molar-refractivity contribution in [3.8, 4) is 0 Å². The molecule has 9 heavy (non-hydrogen) atoms. The Morgan fingerprint density at radius 3 is 2.11 bits per heavy atom. The van der Waals surface area contributed by atoms with E-state index in [0.29, 0.717) is 13.0 Å². The minimum absolute atomic E-state index is 0.165. The molecular formula is C6H16N2O. The fourth-order valence-electron chi connectivity index (χ4n) is 0.248. The van der Waals surface area contributed by atoms with Gasteiger partial charge in [-0.1, -0.05) is 13.8 Å². The first-order valence-corrected chi connectivity index (χ1v) is 3.20. The number of nitrogens with one attached hydrogen (secondary N) is 1. The number of hydrogen-bond donors (Lipinski definition) is 2. The summed E-state index contributed by atoms with van der Waals surface area (Å²) in [6.45, 7) is 6.12. The van der Waals surface area contributed by atoms with E-state index in [0.717, 1.165) is 0 Å². The second kappa shape index (κ2) is 10.5. The molecule has 0 saturated heterocycles. The largest absolute Gasteiger partial charge is 0.300 e. The van der Waals surface area contributed by atoms with Gasteiger partial charge in [0.1, 0.15) is 5.78 Å². The smallest absolute Gasteiger partial charge is 0.131 e. The number of ketones is 1. The second-order valence-corrected chi connectivity index (χ2v) is 1.41. The number of carbonyl (C=O) groups is 1. The lowest BCUT2D eigenvalue weighted by Gasteiger charge is -1.90. The Morgan fingerprint density at radius 2 is 2.00 bits per heavy atom. The standard InChI is InChI=1S/C4H10N2O.C2H6/c1-4(7)2-3-6-5;1-2/h6H,2-3,5H2,1H3;1-2H3. The maximum absolute atomic E-state index is 10.1. The summed E-state index contributed by atoms with van der Waals surface area (Å²) in [5, 5.41) is 0. The minimum Gasteiger partial charge on any atom is -0.300 e. The molecule has 3 heteroatoms. The van der Waals surface area contributed by atoms with Crippen molar-refractivity contribution in [1.29, 1.82) is 0 Å². The molecule has 0 fully saturated rings. The zero-order chi connectivity index (χ0) is 7.70. The van der Waals surface area contributed by atoms with Crippen LogP contribution in [0.3, 0.4) is 0 Å². The quantitative estimate of drug-likeness (QED) is 0.433. The van der Waals surface area contributed by atoms with Crippen molar-refractivity contribution in [2.24, 2.45) is 5.84 Å². The van der Waals surface area contributed by atoms with E-state index in [-0.39, 0.29) is 5.78 Å². The third kappa shape index (κ3) is 18.4. The van der Waals surface area contributed by atoms with Gasteiger partial charge in [0, 0.05) is 13.0 Å². The van der Waals surface area contributed by atoms with Gasteiger partial charge in [0.05, 0.1) is 0 Å². The minimum atomic E-state index is 0.165. The van der Waals surface area contributed by atoms with Gasteiger partial charge in [-0.05, 0) is 6.92 Å². The Kier molecular flexibility index (Phi) is 13.4. The molecule has 0 aromatic rings. The van der Waals surface area contributed by atoms with E-state index in [4.69, 9.17) is 5.84 Å². The number of rotatable bonds is 3. The number of hydrazine groups is 1. The average Bonchev–Trinajstić information content (AvgIpc) is 1.88. The van der Waals surface area contributed by atoms with Crippen molar-refractivity contribution in [3.63, 3.8) is 0 Å². The van der Waals surface area contributed by atoms with Crippen molar-refractivity contribution in [1.82, 2.24) is 5.43 Å². The molecule has 0 aromatic heterocycles. The zero-order valence-corrected chi connectivity index (χ0v) is 6.40. The van der Waals surface area contributed by atoms with E-state index in [1.165, 1.54) is 6.92 Å². The maximum atomic E-state index is 10.1. The van der Waals surface area contributed by atoms with Crippen molar-refractivity contribution < 1.29 is 4.79 Å². The molecule has 0 heterocycles. The van der Waals surface area contributed by atoms with E-state index in [2.05, 4.69) is 5.43 Å². The summed E-state index contributed by atoms with van der Waals surface area (Å²) in [5.41, 5.74) is 2.38. The molecule has 0 rings (SSSR count). The molecule has 0 bridgehead atoms. The Balaban J connectivity index is 0. The molecule has 0 aliphatic carbocycles. The van der Waals surface area contributed by atoms with Crippen LogP contribution in [0.2, 0.25) is 0 Å². The van der Waals surface area contributed by atoms with Crippen molar-refractivity contribution >= 4 is 5.78 Å². The third-order valence-corrected chi connectivity index (χ3v) is 0.621. The molecule has 0 spiro atoms. The first-order valence-electron chi connectivity index (χ1n) is 3.20. The number of carbonyl (C=O) groups excluding carboxylic acids is 1. The lowest BCUT2D eigenvalue weighted by Crippen LogP contribution is -2.24. The first kappa shape index (κ1) is 11.4. The van der Waals surface area contributed by atoms with Crippen molar-refractivity contribution in [3.05, 3.63) is 0 Å². The molecule has 0 radical (unpaired) electrons. The lowest BCUT2D eigenvalue weighted by atomic mass is 10.3. The monoisotopic (exact) mass is 132 g/mol. The Morgan fingerprint density at radius 1 is 1.56 bits per heavy atom. The van der Waals surface area contributed by atoms with Gasteiger partial charge in [0.25, 0.3) is 0 Å². The molecular weight excluding hydrogens is 116 g/mol. The summed E-state index contributed by atoms with van der Waals surface area (Å²) in [6.07, 6.45) is 0.524. The van der Waals surface area contributed by atoms with Gasteiger partial charge in [-0.15, -0.1) is 0 Å². The Bertz CT molecular complexity index is 64.1. The summed E-state index contributed by atoms with van der Waals surface area (Å²) in [5.74, 6) is 5.04. The van der Waals surface area contributed by atoms with Crippen molar-refractivity contribution in [2.75, 3.05) is 6.54 Å². The molecule has 0 aliphatic heterocycles. The number of Topliss-reactive ketones (excluding diaryl/α,β-unsaturated/α-hetero) is 1. The highest BCUT2D eigenvalue weighted by atomic mass is 16.1. The van der Waals surface area contributed by atoms with Crippen LogP contribution in [-0.2, 0) is 4.79 Å². The fraction of sp³-hybridized carbons (Fsp3) is 0.833. The van der Waals surface area contributed by atoms with Crippen LogP contribution in [0.4, 0.5) is 0 Å². The van der Waals surface area contributed by atoms with Crippen LogP contribution in [0.1, 0.15) is 27.2 Å². The van der Waals surface area contributed by atoms with Crippen LogP contribution in [0.25, 0.3) is 0 Å². The molecule has 0 aromatic carbocycles. The zero-order valence-electron chi connectivity index (χ0n) is 6.40. The maximum Gasteiger partial charge on any atom is 0.131 e. The van der Waals surface area contributed by atoms with E-state index in [1.54, 1.807) is 0 Å². The molecule has 56 valence electrons. The predicted octanol–water partition coefficient (Wildman–Crippen LogP) is 0.455. The van der Waals surface area contributed by atoms with Crippen molar-refractivity contribution in [2.45, 2.75) is 27.2 Å². The predicted molar refractivity (Wildman–Crippen MR) is 38.8 cm³/mol. The molecule has 0 amide bonds. The Labute approximate surface area is 56.6 Å². The molecule has 0 unspecified atom stereocenters. The lowest BCUT2D eigenvalue weighted by molar-refractivity contribution is -0.116. The first-order chi connectivity index (χ1) is 4.27. The van der Waals surface area contributed by atoms with Crippen LogP contribution in [0.15, 0.2) is 0 Å². The summed E-state index contributed by atoms with van der Waals surface area (Å²) in [4.78, 5) is 10.1. The highest BCUT2D eigenvalue weighted by Crippen LogP contribution is 1.73. The van der Waals surface area contributed by atoms with Crippen LogP contribution in [0, 0.1) is 0 Å². The molecule has 3 N–H and O–H groups in total. The summed E-state index contributed by atoms with van der Waals surface area (Å²) < 4.78 is 0. The van der Waals surface area contributed by atoms with Gasteiger partial charge in [-0.3, -0.25) is 16.1 Å². The van der Waals surface area contributed by atoms with E-state index < -0.39 is 0 Å². The number of hydrogen-bond acceptors (Lipinski definition) is 3. The van der Waals surface area contributed by atoms with Gasteiger partial charge < -0.3 is 0 Å². The van der Waals surface area contributed by atoms with Crippen LogP contribution >= 0.6 is 0 Å². The summed E-state index contributed by atoms with van der Waals surface area (Å²) >= 11 is 0. The fourth-order valence-corrected chi connectivity index (χ4v) is 0.248. The van der Waals surface area contributed by atoms with Gasteiger partial charge in [-0.2, -0.15) is 0 Å². The van der Waals surface area contributed by atoms with Gasteiger partial charge >= 0.3 is 0 Å². The normalized spacial score (nSPS) is 7.56.